The molecule has 0 N–H and O–H groups in total. The van der Waals surface area contributed by atoms with Crippen LogP contribution in [0.3, 0.4) is 0 Å². The molecule has 0 radical (unpaired) electrons. The molecule has 0 aliphatic heterocycles. The van der Waals surface area contributed by atoms with Gasteiger partial charge in [0.15, 0.2) is 0 Å². The van der Waals surface area contributed by atoms with E-state index >= 15 is 0 Å². The van der Waals surface area contributed by atoms with Crippen molar-refractivity contribution in [1.29, 1.82) is 0 Å². The van der Waals surface area contributed by atoms with Gasteiger partial charge >= 0.3 is 0 Å². The van der Waals surface area contributed by atoms with Gasteiger partial charge in [0.25, 0.3) is 0 Å². The van der Waals surface area contributed by atoms with Gasteiger partial charge in [-0.25, -0.2) is 0 Å². The lowest BCUT2D eigenvalue weighted by atomic mass is 10.5. The first-order chi connectivity index (χ1) is 3.91. The zero-order valence-electron chi connectivity index (χ0n) is 5.68. The number of allylic oxidation sites excluding steroid dienone is 1. The Labute approximate surface area is 56.4 Å². The quantitative estimate of drug-likeness (QED) is 0.527. The standard InChI is InChI=1S/C7H14S/c1-3-5-7-8-6-4-2/h5,7H,3-4,6H2,1-2H3/b7-5+. The van der Waals surface area contributed by atoms with Crippen molar-refractivity contribution < 1.29 is 0 Å². The highest BCUT2D eigenvalue weighted by atomic mass is 32.2. The molecule has 0 bridgehead atoms. The van der Waals surface area contributed by atoms with Gasteiger partial charge in [-0.15, -0.1) is 11.8 Å². The molecule has 0 aliphatic carbocycles. The Morgan fingerprint density at radius 2 is 2.12 bits per heavy atom. The van der Waals surface area contributed by atoms with Gasteiger partial charge in [-0.1, -0.05) is 19.9 Å². The van der Waals surface area contributed by atoms with Crippen LogP contribution >= 0.6 is 11.8 Å². The lowest BCUT2D eigenvalue weighted by Crippen LogP contribution is -1.65. The van der Waals surface area contributed by atoms with Crippen molar-refractivity contribution in [2.24, 2.45) is 0 Å². The van der Waals surface area contributed by atoms with E-state index in [1.165, 1.54) is 12.2 Å². The van der Waals surface area contributed by atoms with Crippen LogP contribution in [0, 0.1) is 0 Å². The molecule has 1 heteroatoms. The highest BCUT2D eigenvalue weighted by Gasteiger charge is 1.74. The minimum Gasteiger partial charge on any atom is -0.134 e. The third kappa shape index (κ3) is 6.09. The van der Waals surface area contributed by atoms with Gasteiger partial charge < -0.3 is 0 Å². The highest BCUT2D eigenvalue weighted by Crippen LogP contribution is 2.03. The third-order valence-electron chi connectivity index (χ3n) is 0.750. The zero-order chi connectivity index (χ0) is 6.24. The van der Waals surface area contributed by atoms with Crippen LogP contribution in [-0.2, 0) is 0 Å². The van der Waals surface area contributed by atoms with Crippen LogP contribution in [0.25, 0.3) is 0 Å². The third-order valence-corrected chi connectivity index (χ3v) is 1.78. The molecule has 0 aromatic rings. The summed E-state index contributed by atoms with van der Waals surface area (Å²) in [4.78, 5) is 0. The summed E-state index contributed by atoms with van der Waals surface area (Å²) in [5.41, 5.74) is 0. The van der Waals surface area contributed by atoms with Crippen molar-refractivity contribution in [1.82, 2.24) is 0 Å². The summed E-state index contributed by atoms with van der Waals surface area (Å²) in [6.07, 6.45) is 4.63. The number of hydrogen-bond donors (Lipinski definition) is 0. The lowest BCUT2D eigenvalue weighted by Gasteiger charge is -1.85. The molecule has 0 saturated carbocycles. The topological polar surface area (TPSA) is 0 Å². The van der Waals surface area contributed by atoms with E-state index in [4.69, 9.17) is 0 Å². The van der Waals surface area contributed by atoms with Gasteiger partial charge in [-0.05, 0) is 24.0 Å². The summed E-state index contributed by atoms with van der Waals surface area (Å²) in [6.45, 7) is 4.36. The van der Waals surface area contributed by atoms with Crippen molar-refractivity contribution in [3.63, 3.8) is 0 Å². The molecule has 0 amide bonds. The van der Waals surface area contributed by atoms with Crippen molar-refractivity contribution in [3.05, 3.63) is 11.5 Å². The fraction of sp³-hybridized carbons (Fsp3) is 0.714. The normalized spacial score (nSPS) is 10.8. The summed E-state index contributed by atoms with van der Waals surface area (Å²) in [6, 6.07) is 0. The highest BCUT2D eigenvalue weighted by molar-refractivity contribution is 8.02. The average Bonchev–Trinajstić information content (AvgIpc) is 1.81. The van der Waals surface area contributed by atoms with Crippen LogP contribution in [-0.4, -0.2) is 5.75 Å². The maximum Gasteiger partial charge on any atom is -0.00287 e. The summed E-state index contributed by atoms with van der Waals surface area (Å²) in [7, 11) is 0. The average molecular weight is 130 g/mol. The van der Waals surface area contributed by atoms with Gasteiger partial charge in [0.2, 0.25) is 0 Å². The minimum atomic E-state index is 1.16. The summed E-state index contributed by atoms with van der Waals surface area (Å²) < 4.78 is 0. The first-order valence-corrected chi connectivity index (χ1v) is 4.23. The smallest absolute Gasteiger partial charge is 0.00287 e. The predicted molar refractivity (Wildman–Crippen MR) is 42.2 cm³/mol. The number of hydrogen-bond acceptors (Lipinski definition) is 1. The molecule has 0 aromatic heterocycles. The Morgan fingerprint density at radius 3 is 2.62 bits per heavy atom. The van der Waals surface area contributed by atoms with Gasteiger partial charge in [0.1, 0.15) is 0 Å². The van der Waals surface area contributed by atoms with E-state index < -0.39 is 0 Å². The maximum atomic E-state index is 2.20. The molecule has 0 unspecified atom stereocenters. The maximum absolute atomic E-state index is 2.20. The second-order valence-corrected chi connectivity index (χ2v) is 2.66. The molecule has 0 fully saturated rings. The van der Waals surface area contributed by atoms with Crippen LogP contribution < -0.4 is 0 Å². The largest absolute Gasteiger partial charge is 0.134 e. The number of rotatable bonds is 4. The predicted octanol–water partition coefficient (Wildman–Crippen LogP) is 3.05. The van der Waals surface area contributed by atoms with Gasteiger partial charge in [0, 0.05) is 0 Å². The molecule has 0 rings (SSSR count). The molecule has 0 aromatic carbocycles. The van der Waals surface area contributed by atoms with E-state index in [1.807, 2.05) is 11.8 Å². The zero-order valence-corrected chi connectivity index (χ0v) is 6.50. The van der Waals surface area contributed by atoms with E-state index in [-0.39, 0.29) is 0 Å². The van der Waals surface area contributed by atoms with Crippen LogP contribution in [0.2, 0.25) is 0 Å². The van der Waals surface area contributed by atoms with Gasteiger partial charge in [-0.3, -0.25) is 0 Å². The molecule has 0 atom stereocenters. The van der Waals surface area contributed by atoms with Crippen LogP contribution in [0.1, 0.15) is 26.7 Å². The molecule has 0 aliphatic rings. The van der Waals surface area contributed by atoms with Crippen LogP contribution in [0.5, 0.6) is 0 Å². The van der Waals surface area contributed by atoms with E-state index in [2.05, 4.69) is 25.3 Å². The Balaban J connectivity index is 2.80. The Bertz CT molecular complexity index is 57.4. The monoisotopic (exact) mass is 130 g/mol. The molecule has 0 saturated heterocycles. The molecule has 0 heterocycles. The van der Waals surface area contributed by atoms with Gasteiger partial charge in [-0.2, -0.15) is 0 Å². The minimum absolute atomic E-state index is 1.16. The fourth-order valence-corrected chi connectivity index (χ4v) is 1.05. The summed E-state index contributed by atoms with van der Waals surface area (Å²) >= 11 is 1.90. The summed E-state index contributed by atoms with van der Waals surface area (Å²) in [5, 5.41) is 2.18. The van der Waals surface area contributed by atoms with Crippen molar-refractivity contribution in [3.8, 4) is 0 Å². The summed E-state index contributed by atoms with van der Waals surface area (Å²) in [5.74, 6) is 1.26. The van der Waals surface area contributed by atoms with Gasteiger partial charge in [0.05, 0.1) is 0 Å². The van der Waals surface area contributed by atoms with Crippen LogP contribution in [0.4, 0.5) is 0 Å². The van der Waals surface area contributed by atoms with Crippen molar-refractivity contribution in [2.75, 3.05) is 5.75 Å². The van der Waals surface area contributed by atoms with E-state index in [0.717, 1.165) is 6.42 Å². The van der Waals surface area contributed by atoms with Crippen molar-refractivity contribution in [2.45, 2.75) is 26.7 Å². The van der Waals surface area contributed by atoms with E-state index in [0.29, 0.717) is 0 Å². The lowest BCUT2D eigenvalue weighted by molar-refractivity contribution is 1.11. The Kier molecular flexibility index (Phi) is 7.17. The SMILES string of the molecule is CC/C=C/SCCC. The van der Waals surface area contributed by atoms with Crippen molar-refractivity contribution >= 4 is 11.8 Å². The second-order valence-electron chi connectivity index (χ2n) is 1.65. The molecular formula is C7H14S. The fourth-order valence-electron chi connectivity index (χ4n) is 0.350. The Morgan fingerprint density at radius 1 is 1.38 bits per heavy atom. The molecule has 8 heavy (non-hydrogen) atoms. The van der Waals surface area contributed by atoms with E-state index in [9.17, 15) is 0 Å². The molecule has 0 nitrogen and oxygen atoms in total. The Hall–Kier alpha value is 0.0900. The first-order valence-electron chi connectivity index (χ1n) is 3.18. The second kappa shape index (κ2) is 7.09. The number of thioether (sulfide) groups is 1. The molecular weight excluding hydrogens is 116 g/mol. The van der Waals surface area contributed by atoms with Crippen LogP contribution in [0.15, 0.2) is 11.5 Å². The van der Waals surface area contributed by atoms with E-state index in [1.54, 1.807) is 0 Å². The first kappa shape index (κ1) is 8.09. The molecule has 48 valence electrons. The molecule has 0 spiro atoms.